The Bertz CT molecular complexity index is 1300. The van der Waals surface area contributed by atoms with Crippen LogP contribution in [0.25, 0.3) is 10.9 Å². The monoisotopic (exact) mass is 504 g/mol. The standard InChI is InChI=1S/C25H32N4O3S2.2H2/c1-23(6-7-23)28-34(31,32)17-12-19-18(20(13-17)29-10-8-24(2,33-3)9-11-29)4-5-21(26-19)27-22(30)25-14-16(25)15-25;;/h4-5,12-13,16,28H,6-11,14-15H2,1-3H3,(H,26,27,30);2*1H. The van der Waals surface area contributed by atoms with Crippen molar-refractivity contribution in [3.05, 3.63) is 24.3 Å². The van der Waals surface area contributed by atoms with Gasteiger partial charge in [0.2, 0.25) is 15.9 Å². The van der Waals surface area contributed by atoms with E-state index in [2.05, 4.69) is 28.1 Å². The van der Waals surface area contributed by atoms with E-state index in [1.807, 2.05) is 30.8 Å². The number of rotatable bonds is 7. The van der Waals surface area contributed by atoms with Gasteiger partial charge in [0.05, 0.1) is 15.8 Å². The van der Waals surface area contributed by atoms with Gasteiger partial charge >= 0.3 is 0 Å². The number of hydrogen-bond acceptors (Lipinski definition) is 6. The summed E-state index contributed by atoms with van der Waals surface area (Å²) < 4.78 is 29.7. The molecule has 0 radical (unpaired) electrons. The summed E-state index contributed by atoms with van der Waals surface area (Å²) in [6, 6.07) is 7.26. The molecule has 0 unspecified atom stereocenters. The summed E-state index contributed by atoms with van der Waals surface area (Å²) in [5, 5.41) is 3.88. The molecule has 0 bridgehead atoms. The fourth-order valence-corrected chi connectivity index (χ4v) is 7.18. The summed E-state index contributed by atoms with van der Waals surface area (Å²) in [6.45, 7) is 5.97. The maximum atomic E-state index is 13.3. The molecule has 3 saturated carbocycles. The number of nitrogens with one attached hydrogen (secondary N) is 2. The fourth-order valence-electron chi connectivity index (χ4n) is 5.09. The minimum Gasteiger partial charge on any atom is -0.371 e. The molecule has 1 aromatic heterocycles. The summed E-state index contributed by atoms with van der Waals surface area (Å²) in [4.78, 5) is 19.8. The molecule has 3 aliphatic carbocycles. The van der Waals surface area contributed by atoms with Crippen LogP contribution in [0, 0.1) is 11.3 Å². The predicted octanol–water partition coefficient (Wildman–Crippen LogP) is 4.63. The number of hydrogen-bond donors (Lipinski definition) is 2. The molecule has 0 spiro atoms. The van der Waals surface area contributed by atoms with Gasteiger partial charge in [0.25, 0.3) is 0 Å². The van der Waals surface area contributed by atoms with Crippen molar-refractivity contribution in [2.45, 2.75) is 67.6 Å². The molecule has 2 heterocycles. The van der Waals surface area contributed by atoms with Gasteiger partial charge in [-0.15, -0.1) is 0 Å². The van der Waals surface area contributed by atoms with E-state index in [0.29, 0.717) is 17.3 Å². The first-order valence-electron chi connectivity index (χ1n) is 12.2. The first-order valence-corrected chi connectivity index (χ1v) is 14.9. The fraction of sp³-hybridized carbons (Fsp3) is 0.600. The second kappa shape index (κ2) is 7.34. The van der Waals surface area contributed by atoms with Crippen LogP contribution in [-0.2, 0) is 14.8 Å². The number of carbonyl (C=O) groups is 1. The number of fused-ring (bicyclic) bond motifs is 2. The van der Waals surface area contributed by atoms with E-state index in [1.54, 1.807) is 12.1 Å². The van der Waals surface area contributed by atoms with Gasteiger partial charge in [0.15, 0.2) is 0 Å². The maximum absolute atomic E-state index is 13.3. The molecule has 1 amide bonds. The molecule has 0 atom stereocenters. The summed E-state index contributed by atoms with van der Waals surface area (Å²) in [5.41, 5.74) is 0.993. The number of pyridine rings is 1. The zero-order valence-electron chi connectivity index (χ0n) is 20.0. The molecule has 6 rings (SSSR count). The van der Waals surface area contributed by atoms with E-state index < -0.39 is 10.0 Å². The van der Waals surface area contributed by atoms with Crippen LogP contribution in [-0.4, -0.2) is 48.9 Å². The Hall–Kier alpha value is -1.84. The molecule has 1 aromatic carbocycles. The Morgan fingerprint density at radius 2 is 1.82 bits per heavy atom. The minimum atomic E-state index is -3.69. The van der Waals surface area contributed by atoms with Crippen LogP contribution in [0.3, 0.4) is 0 Å². The van der Waals surface area contributed by atoms with Crippen LogP contribution in [0.1, 0.15) is 55.2 Å². The van der Waals surface area contributed by atoms with Crippen LogP contribution in [0.5, 0.6) is 0 Å². The van der Waals surface area contributed by atoms with Gasteiger partial charge < -0.3 is 10.2 Å². The predicted molar refractivity (Wildman–Crippen MR) is 141 cm³/mol. The zero-order valence-corrected chi connectivity index (χ0v) is 21.6. The van der Waals surface area contributed by atoms with Crippen molar-refractivity contribution >= 4 is 50.1 Å². The molecular weight excluding hydrogens is 468 g/mol. The Balaban J connectivity index is 0.00000152. The maximum Gasteiger partial charge on any atom is 0.241 e. The summed E-state index contributed by atoms with van der Waals surface area (Å²) in [6.07, 6.45) is 7.89. The third-order valence-corrected chi connectivity index (χ3v) is 11.5. The van der Waals surface area contributed by atoms with E-state index in [-0.39, 0.29) is 29.4 Å². The number of carbonyl (C=O) groups excluding carboxylic acids is 1. The van der Waals surface area contributed by atoms with Crippen molar-refractivity contribution in [2.24, 2.45) is 11.3 Å². The zero-order chi connectivity index (χ0) is 23.9. The lowest BCUT2D eigenvalue weighted by Gasteiger charge is -2.40. The number of nitrogens with zero attached hydrogens (tertiary/aromatic N) is 2. The van der Waals surface area contributed by atoms with Crippen molar-refractivity contribution in [1.82, 2.24) is 9.71 Å². The Morgan fingerprint density at radius 1 is 1.15 bits per heavy atom. The van der Waals surface area contributed by atoms with Crippen molar-refractivity contribution in [3.8, 4) is 0 Å². The molecule has 186 valence electrons. The van der Waals surface area contributed by atoms with Crippen LogP contribution in [0.2, 0.25) is 0 Å². The number of amides is 1. The molecule has 1 saturated heterocycles. The highest BCUT2D eigenvalue weighted by atomic mass is 32.2. The SMILES string of the molecule is CSC1(C)CCN(c2cc(S(=O)(=O)NC3(C)CC3)cc3nc(NC(=O)C45CC4C5)ccc23)CC1.[HH].[HH]. The first kappa shape index (κ1) is 22.6. The molecule has 4 fully saturated rings. The van der Waals surface area contributed by atoms with E-state index in [9.17, 15) is 13.2 Å². The number of sulfonamides is 1. The van der Waals surface area contributed by atoms with Crippen molar-refractivity contribution in [2.75, 3.05) is 29.6 Å². The normalized spacial score (nSPS) is 28.3. The Kier molecular flexibility index (Phi) is 4.88. The van der Waals surface area contributed by atoms with E-state index in [1.165, 1.54) is 0 Å². The second-order valence-electron chi connectivity index (χ2n) is 11.2. The van der Waals surface area contributed by atoms with Gasteiger partial charge in [-0.25, -0.2) is 18.1 Å². The summed E-state index contributed by atoms with van der Waals surface area (Å²) >= 11 is 1.90. The smallest absolute Gasteiger partial charge is 0.241 e. The Morgan fingerprint density at radius 3 is 2.41 bits per heavy atom. The van der Waals surface area contributed by atoms with Gasteiger partial charge in [-0.3, -0.25) is 4.79 Å². The molecule has 4 aliphatic rings. The van der Waals surface area contributed by atoms with Crippen molar-refractivity contribution < 1.29 is 16.1 Å². The van der Waals surface area contributed by atoms with E-state index in [0.717, 1.165) is 62.7 Å². The number of thioether (sulfide) groups is 1. The largest absolute Gasteiger partial charge is 0.371 e. The summed E-state index contributed by atoms with van der Waals surface area (Å²) in [7, 11) is -3.69. The van der Waals surface area contributed by atoms with E-state index in [4.69, 9.17) is 4.98 Å². The topological polar surface area (TPSA) is 91.4 Å². The van der Waals surface area contributed by atoms with Crippen molar-refractivity contribution in [3.63, 3.8) is 0 Å². The quantitative estimate of drug-likeness (QED) is 0.571. The van der Waals surface area contributed by atoms with Crippen LogP contribution >= 0.6 is 11.8 Å². The number of benzene rings is 1. The third-order valence-electron chi connectivity index (χ3n) is 8.48. The molecule has 7 nitrogen and oxygen atoms in total. The summed E-state index contributed by atoms with van der Waals surface area (Å²) in [5.74, 6) is 1.09. The Labute approximate surface area is 208 Å². The van der Waals surface area contributed by atoms with Crippen LogP contribution < -0.4 is 14.9 Å². The lowest BCUT2D eigenvalue weighted by molar-refractivity contribution is -0.119. The molecule has 1 aliphatic heterocycles. The van der Waals surface area contributed by atoms with Crippen LogP contribution in [0.15, 0.2) is 29.2 Å². The van der Waals surface area contributed by atoms with Gasteiger partial charge in [-0.05, 0) is 81.9 Å². The van der Waals surface area contributed by atoms with E-state index >= 15 is 0 Å². The highest BCUT2D eigenvalue weighted by Gasteiger charge is 2.74. The van der Waals surface area contributed by atoms with Gasteiger partial charge in [0.1, 0.15) is 5.82 Å². The van der Waals surface area contributed by atoms with Crippen LogP contribution in [0.4, 0.5) is 11.5 Å². The lowest BCUT2D eigenvalue weighted by Crippen LogP contribution is -2.41. The van der Waals surface area contributed by atoms with Gasteiger partial charge in [-0.1, -0.05) is 6.92 Å². The molecular formula is C25H36N4O3S2. The average molecular weight is 505 g/mol. The second-order valence-corrected chi connectivity index (χ2v) is 14.3. The molecule has 2 N–H and O–H groups in total. The lowest BCUT2D eigenvalue weighted by atomic mass is 9.97. The number of piperidine rings is 1. The van der Waals surface area contributed by atoms with Gasteiger partial charge in [0, 0.05) is 37.3 Å². The highest BCUT2D eigenvalue weighted by molar-refractivity contribution is 7.99. The van der Waals surface area contributed by atoms with Gasteiger partial charge in [-0.2, -0.15) is 11.8 Å². The number of anilines is 2. The number of aromatic nitrogens is 1. The highest BCUT2D eigenvalue weighted by Crippen LogP contribution is 2.75. The molecule has 9 heteroatoms. The van der Waals surface area contributed by atoms with Crippen molar-refractivity contribution in [1.29, 1.82) is 0 Å². The molecule has 34 heavy (non-hydrogen) atoms. The molecule has 2 aromatic rings. The average Bonchev–Trinajstić information content (AvgIpc) is 3.70. The third kappa shape index (κ3) is 3.89. The minimum absolute atomic E-state index is 0. The first-order chi connectivity index (χ1) is 16.0.